The Hall–Kier alpha value is -1.19. The molecule has 1 N–H and O–H groups in total. The second-order valence-corrected chi connectivity index (χ2v) is 7.16. The van der Waals surface area contributed by atoms with E-state index in [9.17, 15) is 0 Å². The molecule has 0 amide bonds. The number of nitrogens with zero attached hydrogens (tertiary/aromatic N) is 1. The molecule has 2 aromatic rings. The summed E-state index contributed by atoms with van der Waals surface area (Å²) in [5.41, 5.74) is 5.36. The van der Waals surface area contributed by atoms with Gasteiger partial charge in [-0.25, -0.2) is 4.98 Å². The molecule has 1 aromatic carbocycles. The molecule has 1 aliphatic rings. The van der Waals surface area contributed by atoms with Crippen LogP contribution in [-0.2, 0) is 12.8 Å². The molecule has 1 unspecified atom stereocenters. The minimum Gasteiger partial charge on any atom is -0.305 e. The number of hydrogen-bond donors (Lipinski definition) is 1. The summed E-state index contributed by atoms with van der Waals surface area (Å²) in [6.07, 6.45) is 5.01. The lowest BCUT2D eigenvalue weighted by atomic mass is 10.0. The fraction of sp³-hybridized carbons (Fsp3) is 0.500. The molecule has 1 heterocycles. The molecule has 1 atom stereocenters. The Bertz CT molecular complexity index is 586. The summed E-state index contributed by atoms with van der Waals surface area (Å²) >= 11 is 1.92. The normalized spacial score (nSPS) is 15.8. The van der Waals surface area contributed by atoms with Crippen molar-refractivity contribution >= 4 is 11.3 Å². The molecule has 0 saturated heterocycles. The first kappa shape index (κ1) is 14.7. The third-order valence-electron chi connectivity index (χ3n) is 4.09. The van der Waals surface area contributed by atoms with E-state index in [1.165, 1.54) is 51.5 Å². The van der Waals surface area contributed by atoms with Gasteiger partial charge < -0.3 is 5.32 Å². The Morgan fingerprint density at radius 3 is 2.52 bits per heavy atom. The van der Waals surface area contributed by atoms with Crippen LogP contribution in [0.3, 0.4) is 0 Å². The molecule has 0 aliphatic heterocycles. The Balaban J connectivity index is 1.98. The lowest BCUT2D eigenvalue weighted by Gasteiger charge is -2.17. The number of fused-ring (bicyclic) bond motifs is 1. The highest BCUT2D eigenvalue weighted by Crippen LogP contribution is 2.33. The highest BCUT2D eigenvalue weighted by atomic mass is 32.1. The second-order valence-electron chi connectivity index (χ2n) is 6.04. The highest BCUT2D eigenvalue weighted by Gasteiger charge is 2.22. The molecule has 0 radical (unpaired) electrons. The Morgan fingerprint density at radius 1 is 1.14 bits per heavy atom. The summed E-state index contributed by atoms with van der Waals surface area (Å²) in [7, 11) is 0. The van der Waals surface area contributed by atoms with Gasteiger partial charge in [0.05, 0.1) is 11.7 Å². The van der Waals surface area contributed by atoms with Crippen molar-refractivity contribution in [1.82, 2.24) is 10.3 Å². The molecular formula is C18H24N2S. The number of aryl methyl sites for hydroxylation is 4. The van der Waals surface area contributed by atoms with Crippen molar-refractivity contribution in [3.63, 3.8) is 0 Å². The van der Waals surface area contributed by atoms with E-state index in [1.807, 2.05) is 11.3 Å². The quantitative estimate of drug-likeness (QED) is 0.908. The zero-order valence-electron chi connectivity index (χ0n) is 13.2. The molecule has 1 aromatic heterocycles. The number of hydrogen-bond acceptors (Lipinski definition) is 3. The average molecular weight is 300 g/mol. The van der Waals surface area contributed by atoms with Crippen LogP contribution in [0.15, 0.2) is 18.2 Å². The van der Waals surface area contributed by atoms with Crippen LogP contribution in [-0.4, -0.2) is 11.5 Å². The van der Waals surface area contributed by atoms with Gasteiger partial charge in [0.2, 0.25) is 0 Å². The molecule has 1 aliphatic carbocycles. The maximum Gasteiger partial charge on any atom is 0.115 e. The highest BCUT2D eigenvalue weighted by molar-refractivity contribution is 7.11. The van der Waals surface area contributed by atoms with Crippen molar-refractivity contribution < 1.29 is 0 Å². The minimum atomic E-state index is 0.240. The van der Waals surface area contributed by atoms with E-state index in [0.29, 0.717) is 0 Å². The van der Waals surface area contributed by atoms with Crippen LogP contribution in [0.2, 0.25) is 0 Å². The molecule has 0 bridgehead atoms. The lowest BCUT2D eigenvalue weighted by molar-refractivity contribution is 0.620. The summed E-state index contributed by atoms with van der Waals surface area (Å²) in [6, 6.07) is 7.06. The standard InChI is InChI=1S/C18H24N2S/c1-4-19-17(14-10-12(2)9-13(3)11-14)18-20-15-7-5-6-8-16(15)21-18/h9-11,17,19H,4-8H2,1-3H3. The van der Waals surface area contributed by atoms with E-state index in [1.54, 1.807) is 0 Å². The predicted molar refractivity (Wildman–Crippen MR) is 90.2 cm³/mol. The van der Waals surface area contributed by atoms with Crippen LogP contribution in [0.4, 0.5) is 0 Å². The maximum atomic E-state index is 4.96. The first-order valence-corrected chi connectivity index (χ1v) is 8.79. The smallest absolute Gasteiger partial charge is 0.115 e. The van der Waals surface area contributed by atoms with Gasteiger partial charge in [-0.2, -0.15) is 0 Å². The monoisotopic (exact) mass is 300 g/mol. The largest absolute Gasteiger partial charge is 0.305 e. The first-order chi connectivity index (χ1) is 10.2. The Morgan fingerprint density at radius 2 is 1.86 bits per heavy atom. The number of thiazole rings is 1. The molecule has 0 fully saturated rings. The number of benzene rings is 1. The number of aromatic nitrogens is 1. The van der Waals surface area contributed by atoms with Crippen molar-refractivity contribution in [2.45, 2.75) is 52.5 Å². The molecular weight excluding hydrogens is 276 g/mol. The zero-order valence-corrected chi connectivity index (χ0v) is 14.0. The summed E-state index contributed by atoms with van der Waals surface area (Å²) < 4.78 is 0. The van der Waals surface area contributed by atoms with Gasteiger partial charge in [-0.1, -0.05) is 36.2 Å². The third-order valence-corrected chi connectivity index (χ3v) is 5.32. The van der Waals surface area contributed by atoms with E-state index < -0.39 is 0 Å². The number of nitrogens with one attached hydrogen (secondary N) is 1. The Kier molecular flexibility index (Phi) is 4.41. The van der Waals surface area contributed by atoms with Gasteiger partial charge in [0.15, 0.2) is 0 Å². The lowest BCUT2D eigenvalue weighted by Crippen LogP contribution is -2.22. The van der Waals surface area contributed by atoms with Gasteiger partial charge >= 0.3 is 0 Å². The molecule has 0 saturated carbocycles. The molecule has 112 valence electrons. The molecule has 3 heteroatoms. The van der Waals surface area contributed by atoms with Crippen LogP contribution < -0.4 is 5.32 Å². The van der Waals surface area contributed by atoms with Gasteiger partial charge in [0.1, 0.15) is 5.01 Å². The molecule has 2 nitrogen and oxygen atoms in total. The molecule has 21 heavy (non-hydrogen) atoms. The summed E-state index contributed by atoms with van der Waals surface area (Å²) in [5, 5.41) is 4.87. The van der Waals surface area contributed by atoms with E-state index in [-0.39, 0.29) is 6.04 Å². The van der Waals surface area contributed by atoms with Gasteiger partial charge in [-0.05, 0) is 51.6 Å². The van der Waals surface area contributed by atoms with E-state index in [0.717, 1.165) is 13.0 Å². The van der Waals surface area contributed by atoms with Crippen molar-refractivity contribution in [3.05, 3.63) is 50.5 Å². The van der Waals surface area contributed by atoms with Crippen LogP contribution >= 0.6 is 11.3 Å². The SMILES string of the molecule is CCNC(c1cc(C)cc(C)c1)c1nc2c(s1)CCCC2. The van der Waals surface area contributed by atoms with Crippen molar-refractivity contribution in [3.8, 4) is 0 Å². The summed E-state index contributed by atoms with van der Waals surface area (Å²) in [4.78, 5) is 6.48. The summed E-state index contributed by atoms with van der Waals surface area (Å²) in [6.45, 7) is 7.48. The average Bonchev–Trinajstić information content (AvgIpc) is 2.87. The zero-order chi connectivity index (χ0) is 14.8. The minimum absolute atomic E-state index is 0.240. The fourth-order valence-corrected chi connectivity index (χ4v) is 4.48. The fourth-order valence-electron chi connectivity index (χ4n) is 3.22. The third kappa shape index (κ3) is 3.19. The predicted octanol–water partition coefficient (Wildman–Crippen LogP) is 4.34. The van der Waals surface area contributed by atoms with Crippen molar-refractivity contribution in [1.29, 1.82) is 0 Å². The van der Waals surface area contributed by atoms with Crippen LogP contribution in [0.1, 0.15) is 58.1 Å². The van der Waals surface area contributed by atoms with E-state index in [2.05, 4.69) is 44.3 Å². The van der Waals surface area contributed by atoms with Gasteiger partial charge in [0, 0.05) is 4.88 Å². The van der Waals surface area contributed by atoms with Gasteiger partial charge in [-0.3, -0.25) is 0 Å². The topological polar surface area (TPSA) is 24.9 Å². The van der Waals surface area contributed by atoms with Gasteiger partial charge in [0.25, 0.3) is 0 Å². The Labute approximate surface area is 131 Å². The molecule has 0 spiro atoms. The van der Waals surface area contributed by atoms with Crippen molar-refractivity contribution in [2.24, 2.45) is 0 Å². The van der Waals surface area contributed by atoms with E-state index in [4.69, 9.17) is 4.98 Å². The van der Waals surface area contributed by atoms with Crippen LogP contribution in [0.25, 0.3) is 0 Å². The number of rotatable bonds is 4. The van der Waals surface area contributed by atoms with E-state index >= 15 is 0 Å². The molecule has 3 rings (SSSR count). The van der Waals surface area contributed by atoms with Crippen LogP contribution in [0, 0.1) is 13.8 Å². The maximum absolute atomic E-state index is 4.96. The van der Waals surface area contributed by atoms with Crippen molar-refractivity contribution in [2.75, 3.05) is 6.54 Å². The van der Waals surface area contributed by atoms with Gasteiger partial charge in [-0.15, -0.1) is 11.3 Å². The second kappa shape index (κ2) is 6.29. The first-order valence-electron chi connectivity index (χ1n) is 7.97. The summed E-state index contributed by atoms with van der Waals surface area (Å²) in [5.74, 6) is 0. The van der Waals surface area contributed by atoms with Crippen LogP contribution in [0.5, 0.6) is 0 Å².